The van der Waals surface area contributed by atoms with Gasteiger partial charge in [0.25, 0.3) is 0 Å². The molecule has 6 bridgehead atoms. The summed E-state index contributed by atoms with van der Waals surface area (Å²) in [5.41, 5.74) is 6.41. The van der Waals surface area contributed by atoms with Gasteiger partial charge in [-0.2, -0.15) is 0 Å². The van der Waals surface area contributed by atoms with Crippen LogP contribution in [0, 0.1) is 0 Å². The van der Waals surface area contributed by atoms with Crippen LogP contribution < -0.4 is 23.7 Å². The van der Waals surface area contributed by atoms with Crippen LogP contribution >= 0.6 is 11.6 Å². The lowest BCUT2D eigenvalue weighted by atomic mass is 9.84. The molecule has 0 spiro atoms. The normalized spacial score (nSPS) is 21.6. The second kappa shape index (κ2) is 13.9. The van der Waals surface area contributed by atoms with E-state index in [1.165, 1.54) is 0 Å². The number of methoxy groups -OCH3 is 3. The quantitative estimate of drug-likeness (QED) is 0.200. The molecule has 0 aromatic heterocycles. The number of carboxylic acid groups (broad SMARTS) is 1. The van der Waals surface area contributed by atoms with Crippen LogP contribution in [0.15, 0.2) is 60.7 Å². The average molecular weight is 714 g/mol. The van der Waals surface area contributed by atoms with Gasteiger partial charge < -0.3 is 33.3 Å². The number of quaternary nitrogens is 1. The monoisotopic (exact) mass is 713 g/mol. The lowest BCUT2D eigenvalue weighted by Crippen LogP contribution is -2.60. The van der Waals surface area contributed by atoms with Crippen molar-refractivity contribution in [3.8, 4) is 40.2 Å². The molecule has 268 valence electrons. The van der Waals surface area contributed by atoms with Gasteiger partial charge in [0.1, 0.15) is 22.6 Å². The molecular weight excluding hydrogens is 668 g/mol. The maximum Gasteiger partial charge on any atom is 0.362 e. The molecule has 0 radical (unpaired) electrons. The third-order valence-corrected chi connectivity index (χ3v) is 11.7. The highest BCUT2D eigenvalue weighted by molar-refractivity contribution is 6.33. The van der Waals surface area contributed by atoms with Gasteiger partial charge in [-0.3, -0.25) is 4.90 Å². The lowest BCUT2D eigenvalue weighted by molar-refractivity contribution is -0.956. The van der Waals surface area contributed by atoms with Crippen molar-refractivity contribution in [3.63, 3.8) is 0 Å². The summed E-state index contributed by atoms with van der Waals surface area (Å²) >= 11 is 7.19. The molecule has 8 rings (SSSR count). The summed E-state index contributed by atoms with van der Waals surface area (Å²) in [5.74, 6) is 3.36. The van der Waals surface area contributed by atoms with Crippen molar-refractivity contribution in [1.82, 2.24) is 4.90 Å². The van der Waals surface area contributed by atoms with Crippen LogP contribution in [-0.2, 0) is 30.5 Å². The number of nitrogens with zero attached hydrogens (tertiary/aromatic N) is 2. The van der Waals surface area contributed by atoms with E-state index in [-0.39, 0.29) is 12.1 Å². The van der Waals surface area contributed by atoms with Gasteiger partial charge in [-0.25, -0.2) is 4.79 Å². The number of carboxylic acids is 1. The minimum atomic E-state index is -0.794. The Labute approximate surface area is 304 Å². The second-order valence-corrected chi connectivity index (χ2v) is 14.5. The van der Waals surface area contributed by atoms with E-state index in [2.05, 4.69) is 49.3 Å². The van der Waals surface area contributed by atoms with Crippen molar-refractivity contribution in [2.45, 2.75) is 57.2 Å². The largest absolute Gasteiger partial charge is 0.495 e. The van der Waals surface area contributed by atoms with Crippen molar-refractivity contribution in [1.29, 1.82) is 0 Å². The van der Waals surface area contributed by atoms with Crippen LogP contribution in [0.4, 0.5) is 0 Å². The minimum Gasteiger partial charge on any atom is -0.495 e. The van der Waals surface area contributed by atoms with Gasteiger partial charge in [0.2, 0.25) is 0 Å². The van der Waals surface area contributed by atoms with Crippen LogP contribution in [0.25, 0.3) is 0 Å². The fraction of sp³-hybridized carbons (Fsp3) is 0.390. The smallest absolute Gasteiger partial charge is 0.362 e. The van der Waals surface area contributed by atoms with Crippen molar-refractivity contribution >= 4 is 17.6 Å². The van der Waals surface area contributed by atoms with Gasteiger partial charge >= 0.3 is 5.97 Å². The Balaban J connectivity index is 1.48. The average Bonchev–Trinajstić information content (AvgIpc) is 3.12. The summed E-state index contributed by atoms with van der Waals surface area (Å²) in [4.78, 5) is 15.1. The molecule has 4 aromatic carbocycles. The molecule has 9 nitrogen and oxygen atoms in total. The summed E-state index contributed by atoms with van der Waals surface area (Å²) in [6.45, 7) is 3.47. The highest BCUT2D eigenvalue weighted by atomic mass is 35.5. The third kappa shape index (κ3) is 6.26. The van der Waals surface area contributed by atoms with E-state index in [1.54, 1.807) is 21.3 Å². The Morgan fingerprint density at radius 2 is 1.59 bits per heavy atom. The van der Waals surface area contributed by atoms with E-state index in [9.17, 15) is 9.90 Å². The predicted octanol–water partition coefficient (Wildman–Crippen LogP) is 8.19. The third-order valence-electron chi connectivity index (χ3n) is 11.3. The number of carbonyl (C=O) groups is 1. The Hall–Kier alpha value is -4.44. The van der Waals surface area contributed by atoms with Crippen molar-refractivity contribution in [2.24, 2.45) is 0 Å². The molecule has 0 amide bonds. The van der Waals surface area contributed by atoms with E-state index in [0.29, 0.717) is 82.0 Å². The van der Waals surface area contributed by atoms with Gasteiger partial charge in [0.05, 0.1) is 34.9 Å². The molecule has 1 N–H and O–H groups in total. The highest BCUT2D eigenvalue weighted by Crippen LogP contribution is 2.51. The molecule has 4 aliphatic heterocycles. The molecule has 10 heteroatoms. The van der Waals surface area contributed by atoms with Crippen LogP contribution in [0.3, 0.4) is 0 Å². The molecule has 0 saturated carbocycles. The fourth-order valence-electron chi connectivity index (χ4n) is 8.49. The zero-order valence-corrected chi connectivity index (χ0v) is 30.9. The number of hydrogen-bond acceptors (Lipinski definition) is 7. The first-order chi connectivity index (χ1) is 24.6. The van der Waals surface area contributed by atoms with E-state index in [1.807, 2.05) is 37.3 Å². The Morgan fingerprint density at radius 1 is 0.902 bits per heavy atom. The van der Waals surface area contributed by atoms with Crippen molar-refractivity contribution in [3.05, 3.63) is 99.1 Å². The topological polar surface area (TPSA) is 86.7 Å². The minimum absolute atomic E-state index is 0.0798. The van der Waals surface area contributed by atoms with Gasteiger partial charge in [-0.05, 0) is 84.6 Å². The summed E-state index contributed by atoms with van der Waals surface area (Å²) < 4.78 is 31.3. The second-order valence-electron chi connectivity index (χ2n) is 14.1. The van der Waals surface area contributed by atoms with Gasteiger partial charge in [0.15, 0.2) is 34.8 Å². The number of hydrogen-bond donors (Lipinski definition) is 1. The first kappa shape index (κ1) is 35.0. The van der Waals surface area contributed by atoms with Crippen LogP contribution in [0.1, 0.15) is 58.8 Å². The Bertz CT molecular complexity index is 1970. The van der Waals surface area contributed by atoms with E-state index in [0.717, 1.165) is 46.3 Å². The van der Waals surface area contributed by atoms with Crippen LogP contribution in [-0.4, -0.2) is 75.0 Å². The number of ether oxygens (including phenoxy) is 5. The SMILES string of the molecule is CCC(C(=O)O)[N+]1(C)CCc2cc(OC)c3cc2C1Cc1ccc(cc1)Oc1cc(ccc1OC)CC1c2c(cc(OC)c(Cl)c2O3)CCN1C. The molecule has 4 aromatic rings. The molecule has 0 aliphatic carbocycles. The lowest BCUT2D eigenvalue weighted by Gasteiger charge is -2.49. The van der Waals surface area contributed by atoms with E-state index >= 15 is 0 Å². The summed E-state index contributed by atoms with van der Waals surface area (Å²) in [7, 11) is 9.12. The predicted molar refractivity (Wildman–Crippen MR) is 196 cm³/mol. The van der Waals surface area contributed by atoms with Crippen LogP contribution in [0.2, 0.25) is 5.02 Å². The molecule has 0 saturated heterocycles. The molecule has 4 unspecified atom stereocenters. The molecular formula is C41H46ClN2O7+. The summed E-state index contributed by atoms with van der Waals surface area (Å²) in [6.07, 6.45) is 3.28. The first-order valence-electron chi connectivity index (χ1n) is 17.6. The van der Waals surface area contributed by atoms with Gasteiger partial charge in [0, 0.05) is 43.0 Å². The highest BCUT2D eigenvalue weighted by Gasteiger charge is 2.47. The standard InChI is InChI=1S/C41H45ClN2O7/c1-7-31(41(45)46)44(3)17-15-26-21-34(48-5)36-23-29(26)32(44)19-24-8-11-28(12-9-24)50-35-20-25(10-13-33(35)47-4)18-30-38-27(14-16-43(30)2)22-37(49-6)39(42)40(38)51-36/h8-13,20-23,30-32H,7,14-19H2,1-6H3/p+1. The molecule has 0 fully saturated rings. The zero-order chi connectivity index (χ0) is 36.0. The molecule has 4 heterocycles. The number of benzene rings is 4. The molecule has 51 heavy (non-hydrogen) atoms. The fourth-order valence-corrected chi connectivity index (χ4v) is 8.76. The maximum absolute atomic E-state index is 12.8. The van der Waals surface area contributed by atoms with Crippen LogP contribution in [0.5, 0.6) is 40.2 Å². The summed E-state index contributed by atoms with van der Waals surface area (Å²) in [6, 6.07) is 19.4. The van der Waals surface area contributed by atoms with Crippen molar-refractivity contribution in [2.75, 3.05) is 48.5 Å². The van der Waals surface area contributed by atoms with Crippen molar-refractivity contribution < 1.29 is 38.1 Å². The molecule has 4 atom stereocenters. The summed E-state index contributed by atoms with van der Waals surface area (Å²) in [5, 5.41) is 10.9. The number of fused-ring (bicyclic) bond motifs is 2. The first-order valence-corrected chi connectivity index (χ1v) is 18.0. The number of aliphatic carboxylic acids is 1. The zero-order valence-electron chi connectivity index (χ0n) is 30.1. The van der Waals surface area contributed by atoms with E-state index < -0.39 is 12.0 Å². The number of halogens is 1. The van der Waals surface area contributed by atoms with Gasteiger partial charge in [-0.15, -0.1) is 0 Å². The molecule has 4 aliphatic rings. The Morgan fingerprint density at radius 3 is 2.27 bits per heavy atom. The van der Waals surface area contributed by atoms with E-state index in [4.69, 9.17) is 35.3 Å². The Kier molecular flexibility index (Phi) is 9.56. The maximum atomic E-state index is 12.8. The number of likely N-dealkylation sites (N-methyl/N-ethyl adjacent to an activating group) is 2. The van der Waals surface area contributed by atoms with Gasteiger partial charge in [-0.1, -0.05) is 36.7 Å². The number of rotatable bonds is 6.